The molecule has 0 saturated carbocycles. The zero-order chi connectivity index (χ0) is 19.1. The number of carbonyl (C=O) groups is 1. The summed E-state index contributed by atoms with van der Waals surface area (Å²) in [5.74, 6) is -1.47. The van der Waals surface area contributed by atoms with E-state index in [9.17, 15) is 28.2 Å². The summed E-state index contributed by atoms with van der Waals surface area (Å²) in [6.07, 6.45) is -6.03. The van der Waals surface area contributed by atoms with E-state index in [-0.39, 0.29) is 22.0 Å². The standard InChI is InChI=1S/C17H12BrF3N2O3/c18-12-5-1-3-10(7-12)14-9-16(26,17(19,20)21)23(22-14)15(25)11-4-2-6-13(24)8-11/h1-8,24,26H,9H2/t16-/m1/s1. The predicted molar refractivity (Wildman–Crippen MR) is 90.6 cm³/mol. The van der Waals surface area contributed by atoms with Crippen molar-refractivity contribution in [3.05, 3.63) is 64.1 Å². The maximum atomic E-state index is 13.5. The third-order valence-electron chi connectivity index (χ3n) is 3.88. The summed E-state index contributed by atoms with van der Waals surface area (Å²) in [7, 11) is 0. The van der Waals surface area contributed by atoms with E-state index in [0.717, 1.165) is 6.07 Å². The number of hydrazone groups is 1. The molecule has 0 aliphatic carbocycles. The Kier molecular flexibility index (Phi) is 4.53. The minimum Gasteiger partial charge on any atom is -0.508 e. The van der Waals surface area contributed by atoms with E-state index in [0.29, 0.717) is 10.0 Å². The fourth-order valence-electron chi connectivity index (χ4n) is 2.57. The van der Waals surface area contributed by atoms with Crippen molar-refractivity contribution >= 4 is 27.5 Å². The molecule has 2 aromatic carbocycles. The number of hydrogen-bond donors (Lipinski definition) is 2. The molecular weight excluding hydrogens is 417 g/mol. The van der Waals surface area contributed by atoms with Crippen LogP contribution in [0, 0.1) is 0 Å². The molecule has 1 atom stereocenters. The second-order valence-electron chi connectivity index (χ2n) is 5.72. The van der Waals surface area contributed by atoms with Crippen molar-refractivity contribution in [2.45, 2.75) is 18.3 Å². The summed E-state index contributed by atoms with van der Waals surface area (Å²) in [6, 6.07) is 11.2. The molecule has 1 aliphatic heterocycles. The number of hydrogen-bond acceptors (Lipinski definition) is 4. The van der Waals surface area contributed by atoms with Gasteiger partial charge in [0.05, 0.1) is 12.1 Å². The zero-order valence-corrected chi connectivity index (χ0v) is 14.6. The van der Waals surface area contributed by atoms with E-state index >= 15 is 0 Å². The number of nitrogens with zero attached hydrogens (tertiary/aromatic N) is 2. The average molecular weight is 429 g/mol. The van der Waals surface area contributed by atoms with Crippen LogP contribution in [0.15, 0.2) is 58.1 Å². The SMILES string of the molecule is O=C(c1cccc(O)c1)N1N=C(c2cccc(Br)c2)C[C@@]1(O)C(F)(F)F. The first-order valence-electron chi connectivity index (χ1n) is 7.38. The lowest BCUT2D eigenvalue weighted by molar-refractivity contribution is -0.297. The number of phenolic OH excluding ortho intramolecular Hbond substituents is 1. The van der Waals surface area contributed by atoms with Crippen molar-refractivity contribution in [1.29, 1.82) is 0 Å². The molecule has 0 radical (unpaired) electrons. The molecule has 1 amide bonds. The number of aromatic hydroxyl groups is 1. The second-order valence-corrected chi connectivity index (χ2v) is 6.63. The molecule has 2 aromatic rings. The Hall–Kier alpha value is -2.39. The lowest BCUT2D eigenvalue weighted by Crippen LogP contribution is -2.56. The Morgan fingerprint density at radius 3 is 2.50 bits per heavy atom. The third kappa shape index (κ3) is 3.19. The van der Waals surface area contributed by atoms with Crippen LogP contribution >= 0.6 is 15.9 Å². The van der Waals surface area contributed by atoms with Crippen LogP contribution in [0.5, 0.6) is 5.75 Å². The molecule has 1 aliphatic rings. The summed E-state index contributed by atoms with van der Waals surface area (Å²) in [5.41, 5.74) is -3.45. The van der Waals surface area contributed by atoms with E-state index in [1.165, 1.54) is 30.3 Å². The predicted octanol–water partition coefficient (Wildman–Crippen LogP) is 3.66. The van der Waals surface area contributed by atoms with Gasteiger partial charge in [0.1, 0.15) is 5.75 Å². The fraction of sp³-hybridized carbons (Fsp3) is 0.176. The number of halogens is 4. The van der Waals surface area contributed by atoms with Crippen molar-refractivity contribution < 1.29 is 28.2 Å². The Bertz CT molecular complexity index is 901. The van der Waals surface area contributed by atoms with Gasteiger partial charge in [-0.1, -0.05) is 34.1 Å². The van der Waals surface area contributed by atoms with Crippen LogP contribution in [0.1, 0.15) is 22.3 Å². The van der Waals surface area contributed by atoms with E-state index in [1.54, 1.807) is 12.1 Å². The van der Waals surface area contributed by atoms with E-state index < -0.39 is 24.2 Å². The monoisotopic (exact) mass is 428 g/mol. The van der Waals surface area contributed by atoms with Crippen LogP contribution in [0.2, 0.25) is 0 Å². The smallest absolute Gasteiger partial charge is 0.438 e. The molecule has 5 nitrogen and oxygen atoms in total. The van der Waals surface area contributed by atoms with Gasteiger partial charge >= 0.3 is 6.18 Å². The molecule has 1 heterocycles. The Morgan fingerprint density at radius 1 is 1.19 bits per heavy atom. The van der Waals surface area contributed by atoms with Gasteiger partial charge in [-0.15, -0.1) is 0 Å². The van der Waals surface area contributed by atoms with Crippen molar-refractivity contribution in [2.24, 2.45) is 5.10 Å². The van der Waals surface area contributed by atoms with Gasteiger partial charge in [-0.25, -0.2) is 0 Å². The average Bonchev–Trinajstić information content (AvgIpc) is 2.93. The summed E-state index contributed by atoms with van der Waals surface area (Å²) in [4.78, 5) is 12.5. The molecule has 0 unspecified atom stereocenters. The number of carbonyl (C=O) groups excluding carboxylic acids is 1. The maximum absolute atomic E-state index is 13.5. The Morgan fingerprint density at radius 2 is 1.88 bits per heavy atom. The maximum Gasteiger partial charge on any atom is 0.438 e. The normalized spacial score (nSPS) is 20.2. The van der Waals surface area contributed by atoms with Gasteiger partial charge in [0, 0.05) is 10.0 Å². The first kappa shape index (κ1) is 18.4. The molecular formula is C17H12BrF3N2O3. The van der Waals surface area contributed by atoms with E-state index in [2.05, 4.69) is 21.0 Å². The summed E-state index contributed by atoms with van der Waals surface area (Å²) in [6.45, 7) is 0. The Labute approximate surface area is 154 Å². The molecule has 26 heavy (non-hydrogen) atoms. The number of aliphatic hydroxyl groups is 1. The van der Waals surface area contributed by atoms with Gasteiger partial charge in [0.25, 0.3) is 11.6 Å². The molecule has 0 fully saturated rings. The van der Waals surface area contributed by atoms with Crippen molar-refractivity contribution in [1.82, 2.24) is 5.01 Å². The highest BCUT2D eigenvalue weighted by Crippen LogP contribution is 2.42. The van der Waals surface area contributed by atoms with Gasteiger partial charge in [-0.3, -0.25) is 4.79 Å². The Balaban J connectivity index is 2.07. The minimum atomic E-state index is -5.13. The van der Waals surface area contributed by atoms with Crippen LogP contribution in [-0.2, 0) is 0 Å². The van der Waals surface area contributed by atoms with Gasteiger partial charge in [-0.05, 0) is 35.9 Å². The molecule has 0 aromatic heterocycles. The highest BCUT2D eigenvalue weighted by Gasteiger charge is 2.63. The largest absolute Gasteiger partial charge is 0.508 e. The lowest BCUT2D eigenvalue weighted by atomic mass is 10.0. The minimum absolute atomic E-state index is 0.0258. The number of rotatable bonds is 2. The van der Waals surface area contributed by atoms with Crippen molar-refractivity contribution in [3.8, 4) is 5.75 Å². The highest BCUT2D eigenvalue weighted by atomic mass is 79.9. The first-order chi connectivity index (χ1) is 12.1. The number of benzene rings is 2. The molecule has 9 heteroatoms. The highest BCUT2D eigenvalue weighted by molar-refractivity contribution is 9.10. The van der Waals surface area contributed by atoms with E-state index in [1.807, 2.05) is 0 Å². The van der Waals surface area contributed by atoms with Crippen LogP contribution in [-0.4, -0.2) is 38.7 Å². The van der Waals surface area contributed by atoms with Crippen LogP contribution < -0.4 is 0 Å². The third-order valence-corrected chi connectivity index (χ3v) is 4.38. The topological polar surface area (TPSA) is 73.1 Å². The molecule has 136 valence electrons. The molecule has 0 spiro atoms. The second kappa shape index (κ2) is 6.40. The van der Waals surface area contributed by atoms with Gasteiger partial charge in [0.2, 0.25) is 0 Å². The van der Waals surface area contributed by atoms with Crippen molar-refractivity contribution in [2.75, 3.05) is 0 Å². The summed E-state index contributed by atoms with van der Waals surface area (Å²) >= 11 is 3.22. The van der Waals surface area contributed by atoms with Gasteiger partial charge < -0.3 is 10.2 Å². The summed E-state index contributed by atoms with van der Waals surface area (Å²) < 4.78 is 41.2. The van der Waals surface area contributed by atoms with Crippen LogP contribution in [0.25, 0.3) is 0 Å². The molecule has 2 N–H and O–H groups in total. The molecule has 0 saturated heterocycles. The lowest BCUT2D eigenvalue weighted by Gasteiger charge is -2.32. The van der Waals surface area contributed by atoms with Crippen LogP contribution in [0.4, 0.5) is 13.2 Å². The number of phenols is 1. The fourth-order valence-corrected chi connectivity index (χ4v) is 2.97. The zero-order valence-electron chi connectivity index (χ0n) is 13.0. The quantitative estimate of drug-likeness (QED) is 0.766. The molecule has 0 bridgehead atoms. The summed E-state index contributed by atoms with van der Waals surface area (Å²) in [5, 5.41) is 23.5. The van der Waals surface area contributed by atoms with Gasteiger partial charge in [0.15, 0.2) is 0 Å². The van der Waals surface area contributed by atoms with Gasteiger partial charge in [-0.2, -0.15) is 23.3 Å². The number of amides is 1. The van der Waals surface area contributed by atoms with Crippen molar-refractivity contribution in [3.63, 3.8) is 0 Å². The molecule has 3 rings (SSSR count). The number of alkyl halides is 3. The van der Waals surface area contributed by atoms with Crippen LogP contribution in [0.3, 0.4) is 0 Å². The van der Waals surface area contributed by atoms with E-state index in [4.69, 9.17) is 0 Å². The first-order valence-corrected chi connectivity index (χ1v) is 8.17.